The third kappa shape index (κ3) is 3.02. The second-order valence-corrected chi connectivity index (χ2v) is 5.55. The Morgan fingerprint density at radius 1 is 1.00 bits per heavy atom. The molecule has 1 unspecified atom stereocenters. The minimum Gasteiger partial charge on any atom is -0.366 e. The van der Waals surface area contributed by atoms with E-state index in [2.05, 4.69) is 75.2 Å². The van der Waals surface area contributed by atoms with Crippen molar-refractivity contribution in [3.8, 4) is 0 Å². The van der Waals surface area contributed by atoms with Crippen molar-refractivity contribution >= 4 is 5.69 Å². The zero-order chi connectivity index (χ0) is 14.7. The highest BCUT2D eigenvalue weighted by Gasteiger charge is 2.16. The maximum Gasteiger partial charge on any atom is 0.0661 e. The third-order valence-electron chi connectivity index (χ3n) is 4.02. The highest BCUT2D eigenvalue weighted by Crippen LogP contribution is 2.26. The van der Waals surface area contributed by atoms with Crippen molar-refractivity contribution in [3.05, 3.63) is 64.7 Å². The molecule has 20 heavy (non-hydrogen) atoms. The molecule has 0 heterocycles. The van der Waals surface area contributed by atoms with Crippen LogP contribution in [0.25, 0.3) is 0 Å². The maximum atomic E-state index is 6.03. The van der Waals surface area contributed by atoms with Crippen LogP contribution in [-0.2, 0) is 0 Å². The Balaban J connectivity index is 2.33. The summed E-state index contributed by atoms with van der Waals surface area (Å²) in [6, 6.07) is 15.4. The monoisotopic (exact) mass is 268 g/mol. The lowest BCUT2D eigenvalue weighted by Gasteiger charge is -2.30. The van der Waals surface area contributed by atoms with Gasteiger partial charge in [0.25, 0.3) is 0 Å². The summed E-state index contributed by atoms with van der Waals surface area (Å²) in [5.74, 6) is 0. The summed E-state index contributed by atoms with van der Waals surface area (Å²) in [5, 5.41) is 0. The van der Waals surface area contributed by atoms with Crippen molar-refractivity contribution in [1.29, 1.82) is 0 Å². The summed E-state index contributed by atoms with van der Waals surface area (Å²) in [5.41, 5.74) is 12.4. The van der Waals surface area contributed by atoms with Gasteiger partial charge in [-0.15, -0.1) is 0 Å². The first kappa shape index (κ1) is 14.6. The fourth-order valence-electron chi connectivity index (χ4n) is 2.52. The van der Waals surface area contributed by atoms with E-state index in [0.717, 1.165) is 0 Å². The molecule has 0 radical (unpaired) electrons. The first-order chi connectivity index (χ1) is 9.52. The largest absolute Gasteiger partial charge is 0.366 e. The summed E-state index contributed by atoms with van der Waals surface area (Å²) in [7, 11) is 2.11. The van der Waals surface area contributed by atoms with Crippen LogP contribution in [0.1, 0.15) is 28.3 Å². The average molecular weight is 268 g/mol. The van der Waals surface area contributed by atoms with Crippen LogP contribution in [0, 0.1) is 20.8 Å². The van der Waals surface area contributed by atoms with Crippen molar-refractivity contribution in [3.63, 3.8) is 0 Å². The second-order valence-electron chi connectivity index (χ2n) is 5.55. The fourth-order valence-corrected chi connectivity index (χ4v) is 2.52. The fraction of sp³-hybridized carbons (Fsp3) is 0.333. The van der Waals surface area contributed by atoms with Crippen LogP contribution in [0.15, 0.2) is 42.5 Å². The molecule has 0 spiro atoms. The van der Waals surface area contributed by atoms with E-state index in [0.29, 0.717) is 6.54 Å². The predicted molar refractivity (Wildman–Crippen MR) is 87.3 cm³/mol. The van der Waals surface area contributed by atoms with Crippen LogP contribution in [-0.4, -0.2) is 13.6 Å². The van der Waals surface area contributed by atoms with Gasteiger partial charge in [-0.3, -0.25) is 0 Å². The first-order valence-electron chi connectivity index (χ1n) is 7.09. The Labute approximate surface area is 122 Å². The number of rotatable bonds is 4. The number of hydrogen-bond donors (Lipinski definition) is 1. The average Bonchev–Trinajstić information content (AvgIpc) is 2.43. The quantitative estimate of drug-likeness (QED) is 0.915. The molecule has 0 aliphatic carbocycles. The summed E-state index contributed by atoms with van der Waals surface area (Å²) < 4.78 is 0. The zero-order valence-electron chi connectivity index (χ0n) is 12.9. The smallest absolute Gasteiger partial charge is 0.0661 e. The molecule has 0 bridgehead atoms. The van der Waals surface area contributed by atoms with Crippen molar-refractivity contribution in [2.24, 2.45) is 5.73 Å². The molecule has 0 fully saturated rings. The van der Waals surface area contributed by atoms with Gasteiger partial charge in [-0.1, -0.05) is 30.3 Å². The van der Waals surface area contributed by atoms with Gasteiger partial charge in [0, 0.05) is 19.3 Å². The summed E-state index contributed by atoms with van der Waals surface area (Å²) in [6.45, 7) is 7.01. The molecule has 1 atom stereocenters. The van der Waals surface area contributed by atoms with Gasteiger partial charge in [0.2, 0.25) is 0 Å². The molecule has 106 valence electrons. The lowest BCUT2D eigenvalue weighted by atomic mass is 9.99. The summed E-state index contributed by atoms with van der Waals surface area (Å²) in [6.07, 6.45) is 0. The Hall–Kier alpha value is -1.80. The highest BCUT2D eigenvalue weighted by atomic mass is 15.1. The van der Waals surface area contributed by atoms with Gasteiger partial charge in [-0.05, 0) is 55.2 Å². The molecule has 0 saturated heterocycles. The number of benzene rings is 2. The topological polar surface area (TPSA) is 29.3 Å². The minimum absolute atomic E-state index is 0.205. The van der Waals surface area contributed by atoms with Crippen LogP contribution >= 0.6 is 0 Å². The van der Waals surface area contributed by atoms with Crippen LogP contribution < -0.4 is 10.6 Å². The van der Waals surface area contributed by atoms with Crippen molar-refractivity contribution in [2.75, 3.05) is 18.5 Å². The lowest BCUT2D eigenvalue weighted by molar-refractivity contribution is 0.680. The first-order valence-corrected chi connectivity index (χ1v) is 7.09. The minimum atomic E-state index is 0.205. The Morgan fingerprint density at radius 3 is 2.35 bits per heavy atom. The molecule has 2 rings (SSSR count). The number of likely N-dealkylation sites (N-methyl/N-ethyl adjacent to an activating group) is 1. The highest BCUT2D eigenvalue weighted by molar-refractivity contribution is 5.50. The van der Waals surface area contributed by atoms with E-state index in [1.165, 1.54) is 27.9 Å². The molecule has 2 aromatic carbocycles. The number of hydrogen-bond acceptors (Lipinski definition) is 2. The van der Waals surface area contributed by atoms with Gasteiger partial charge >= 0.3 is 0 Å². The van der Waals surface area contributed by atoms with Gasteiger partial charge in [0.05, 0.1) is 6.04 Å². The van der Waals surface area contributed by atoms with E-state index in [1.54, 1.807) is 0 Å². The van der Waals surface area contributed by atoms with Crippen molar-refractivity contribution in [1.82, 2.24) is 0 Å². The molecule has 2 heteroatoms. The predicted octanol–water partition coefficient (Wildman–Crippen LogP) is 3.75. The van der Waals surface area contributed by atoms with Gasteiger partial charge < -0.3 is 10.6 Å². The Bertz CT molecular complexity index is 590. The number of aryl methyl sites for hydroxylation is 3. The summed E-state index contributed by atoms with van der Waals surface area (Å²) >= 11 is 0. The number of nitrogens with zero attached hydrogens (tertiary/aromatic N) is 1. The molecule has 0 aliphatic rings. The normalized spacial score (nSPS) is 12.2. The summed E-state index contributed by atoms with van der Waals surface area (Å²) in [4.78, 5) is 2.26. The molecular weight excluding hydrogens is 244 g/mol. The van der Waals surface area contributed by atoms with Crippen molar-refractivity contribution in [2.45, 2.75) is 26.8 Å². The van der Waals surface area contributed by atoms with Crippen LogP contribution in [0.4, 0.5) is 5.69 Å². The van der Waals surface area contributed by atoms with E-state index in [1.807, 2.05) is 0 Å². The van der Waals surface area contributed by atoms with Gasteiger partial charge in [-0.25, -0.2) is 0 Å². The lowest BCUT2D eigenvalue weighted by Crippen LogP contribution is -2.30. The Morgan fingerprint density at radius 2 is 1.75 bits per heavy atom. The van der Waals surface area contributed by atoms with Crippen LogP contribution in [0.3, 0.4) is 0 Å². The zero-order valence-corrected chi connectivity index (χ0v) is 12.9. The van der Waals surface area contributed by atoms with Gasteiger partial charge in [0.1, 0.15) is 0 Å². The maximum absolute atomic E-state index is 6.03. The van der Waals surface area contributed by atoms with E-state index in [-0.39, 0.29) is 6.04 Å². The van der Waals surface area contributed by atoms with E-state index in [9.17, 15) is 0 Å². The molecule has 2 nitrogen and oxygen atoms in total. The third-order valence-corrected chi connectivity index (χ3v) is 4.02. The SMILES string of the molecule is Cc1cccc(N(C)C(CN)c2ccc(C)c(C)c2)c1. The standard InChI is InChI=1S/C18H24N2/c1-13-6-5-7-17(10-13)20(4)18(12-19)16-9-8-14(2)15(3)11-16/h5-11,18H,12,19H2,1-4H3. The van der Waals surface area contributed by atoms with Gasteiger partial charge in [0.15, 0.2) is 0 Å². The Kier molecular flexibility index (Phi) is 4.46. The van der Waals surface area contributed by atoms with E-state index < -0.39 is 0 Å². The molecule has 2 N–H and O–H groups in total. The molecule has 2 aromatic rings. The van der Waals surface area contributed by atoms with Gasteiger partial charge in [-0.2, -0.15) is 0 Å². The van der Waals surface area contributed by atoms with E-state index >= 15 is 0 Å². The number of nitrogens with two attached hydrogens (primary N) is 1. The molecular formula is C18H24N2. The van der Waals surface area contributed by atoms with Crippen molar-refractivity contribution < 1.29 is 0 Å². The van der Waals surface area contributed by atoms with E-state index in [4.69, 9.17) is 5.73 Å². The molecule has 0 aliphatic heterocycles. The molecule has 0 amide bonds. The van der Waals surface area contributed by atoms with Crippen LogP contribution in [0.2, 0.25) is 0 Å². The second kappa shape index (κ2) is 6.10. The molecule has 0 saturated carbocycles. The molecule has 0 aromatic heterocycles. The van der Waals surface area contributed by atoms with Crippen LogP contribution in [0.5, 0.6) is 0 Å². The number of anilines is 1.